The first-order valence-corrected chi connectivity index (χ1v) is 5.41. The molecule has 1 aliphatic rings. The molecule has 0 radical (unpaired) electrons. The molecule has 0 spiro atoms. The number of nitrogens with zero attached hydrogens (tertiary/aromatic N) is 1. The van der Waals surface area contributed by atoms with Crippen molar-refractivity contribution in [3.05, 3.63) is 0 Å². The van der Waals surface area contributed by atoms with Crippen LogP contribution in [0.4, 0.5) is 13.2 Å². The summed E-state index contributed by atoms with van der Waals surface area (Å²) in [4.78, 5) is 0. The van der Waals surface area contributed by atoms with E-state index in [1.807, 2.05) is 19.9 Å². The molecule has 0 aromatic heterocycles. The molecule has 1 N–H and O–H groups in total. The highest BCUT2D eigenvalue weighted by molar-refractivity contribution is 5.08. The molecule has 0 aromatic rings. The van der Waals surface area contributed by atoms with Crippen LogP contribution in [0.2, 0.25) is 0 Å². The molecule has 1 aliphatic carbocycles. The van der Waals surface area contributed by atoms with Crippen molar-refractivity contribution in [2.24, 2.45) is 5.41 Å². The van der Waals surface area contributed by atoms with Gasteiger partial charge >= 0.3 is 6.18 Å². The van der Waals surface area contributed by atoms with Gasteiger partial charge in [-0.05, 0) is 24.7 Å². The molecule has 92 valence electrons. The van der Waals surface area contributed by atoms with Crippen molar-refractivity contribution in [2.75, 3.05) is 6.54 Å². The van der Waals surface area contributed by atoms with E-state index in [9.17, 15) is 13.2 Å². The van der Waals surface area contributed by atoms with Crippen LogP contribution < -0.4 is 5.32 Å². The average molecular weight is 234 g/mol. The molecule has 16 heavy (non-hydrogen) atoms. The first kappa shape index (κ1) is 13.3. The van der Waals surface area contributed by atoms with Gasteiger partial charge in [0.15, 0.2) is 0 Å². The fourth-order valence-corrected chi connectivity index (χ4v) is 1.58. The van der Waals surface area contributed by atoms with Crippen LogP contribution in [-0.2, 0) is 0 Å². The lowest BCUT2D eigenvalue weighted by atomic mass is 9.87. The average Bonchev–Trinajstić information content (AvgIpc) is 2.92. The van der Waals surface area contributed by atoms with E-state index in [0.29, 0.717) is 19.4 Å². The number of halogens is 3. The quantitative estimate of drug-likeness (QED) is 0.793. The fraction of sp³-hybridized carbons (Fsp3) is 0.909. The van der Waals surface area contributed by atoms with Crippen LogP contribution in [0.15, 0.2) is 0 Å². The summed E-state index contributed by atoms with van der Waals surface area (Å²) in [5, 5.41) is 11.1. The molecule has 0 unspecified atom stereocenters. The normalized spacial score (nSPS) is 19.2. The highest BCUT2D eigenvalue weighted by Gasteiger charge is 2.63. The standard InChI is InChI=1S/C11H17F3N2/c1-9(2,4-3-7-15)8-16-10(5-6-10)11(12,13)14/h16H,3-6,8H2,1-2H3. The largest absolute Gasteiger partial charge is 0.406 e. The van der Waals surface area contributed by atoms with E-state index in [1.165, 1.54) is 0 Å². The molecule has 1 rings (SSSR count). The molecule has 0 aromatic carbocycles. The second-order valence-electron chi connectivity index (χ2n) is 5.26. The smallest absolute Gasteiger partial charge is 0.303 e. The summed E-state index contributed by atoms with van der Waals surface area (Å²) >= 11 is 0. The van der Waals surface area contributed by atoms with Gasteiger partial charge in [-0.2, -0.15) is 18.4 Å². The first-order valence-electron chi connectivity index (χ1n) is 5.41. The van der Waals surface area contributed by atoms with Crippen LogP contribution in [0.1, 0.15) is 39.5 Å². The van der Waals surface area contributed by atoms with Crippen molar-refractivity contribution in [2.45, 2.75) is 51.2 Å². The van der Waals surface area contributed by atoms with Crippen molar-refractivity contribution < 1.29 is 13.2 Å². The van der Waals surface area contributed by atoms with E-state index in [0.717, 1.165) is 0 Å². The third kappa shape index (κ3) is 3.11. The number of nitriles is 1. The molecule has 5 heteroatoms. The number of hydrogen-bond acceptors (Lipinski definition) is 2. The maximum Gasteiger partial charge on any atom is 0.406 e. The number of nitrogens with one attached hydrogen (secondary N) is 1. The Balaban J connectivity index is 2.43. The van der Waals surface area contributed by atoms with Gasteiger partial charge in [-0.1, -0.05) is 13.8 Å². The molecule has 0 amide bonds. The van der Waals surface area contributed by atoms with Gasteiger partial charge in [-0.15, -0.1) is 0 Å². The van der Waals surface area contributed by atoms with Crippen LogP contribution in [-0.4, -0.2) is 18.3 Å². The molecule has 0 atom stereocenters. The zero-order chi connectivity index (χ0) is 12.4. The lowest BCUT2D eigenvalue weighted by molar-refractivity contribution is -0.166. The molecule has 0 bridgehead atoms. The summed E-state index contributed by atoms with van der Waals surface area (Å²) in [7, 11) is 0. The highest BCUT2D eigenvalue weighted by atomic mass is 19.4. The van der Waals surface area contributed by atoms with E-state index in [4.69, 9.17) is 5.26 Å². The predicted molar refractivity (Wildman–Crippen MR) is 54.7 cm³/mol. The minimum absolute atomic E-state index is 0.171. The lowest BCUT2D eigenvalue weighted by Crippen LogP contribution is -2.48. The van der Waals surface area contributed by atoms with E-state index >= 15 is 0 Å². The second kappa shape index (κ2) is 4.25. The summed E-state index contributed by atoms with van der Waals surface area (Å²) in [6, 6.07) is 2.02. The van der Waals surface area contributed by atoms with E-state index in [1.54, 1.807) is 0 Å². The molecular weight excluding hydrogens is 217 g/mol. The van der Waals surface area contributed by atoms with Crippen LogP contribution in [0.3, 0.4) is 0 Å². The van der Waals surface area contributed by atoms with Crippen LogP contribution in [0, 0.1) is 16.7 Å². The van der Waals surface area contributed by atoms with Gasteiger partial charge in [0, 0.05) is 13.0 Å². The summed E-state index contributed by atoms with van der Waals surface area (Å²) in [5.74, 6) is 0. The Labute approximate surface area is 93.8 Å². The van der Waals surface area contributed by atoms with Gasteiger partial charge in [-0.25, -0.2) is 0 Å². The zero-order valence-electron chi connectivity index (χ0n) is 9.62. The Morgan fingerprint density at radius 1 is 1.31 bits per heavy atom. The maximum absolute atomic E-state index is 12.6. The summed E-state index contributed by atoms with van der Waals surface area (Å²) < 4.78 is 37.8. The molecule has 1 saturated carbocycles. The first-order chi connectivity index (χ1) is 7.22. The molecule has 2 nitrogen and oxygen atoms in total. The minimum atomic E-state index is -4.15. The fourth-order valence-electron chi connectivity index (χ4n) is 1.58. The van der Waals surface area contributed by atoms with Crippen molar-refractivity contribution in [3.8, 4) is 6.07 Å². The summed E-state index contributed by atoms with van der Waals surface area (Å²) in [5.41, 5.74) is -1.91. The van der Waals surface area contributed by atoms with Gasteiger partial charge in [0.25, 0.3) is 0 Å². The van der Waals surface area contributed by atoms with E-state index in [-0.39, 0.29) is 18.3 Å². The molecule has 0 heterocycles. The summed E-state index contributed by atoms with van der Waals surface area (Å²) in [6.07, 6.45) is -2.81. The van der Waals surface area contributed by atoms with Gasteiger partial charge in [-0.3, -0.25) is 0 Å². The van der Waals surface area contributed by atoms with Gasteiger partial charge in [0.2, 0.25) is 0 Å². The van der Waals surface area contributed by atoms with Crippen LogP contribution in [0.25, 0.3) is 0 Å². The Morgan fingerprint density at radius 2 is 1.88 bits per heavy atom. The van der Waals surface area contributed by atoms with Crippen molar-refractivity contribution >= 4 is 0 Å². The minimum Gasteiger partial charge on any atom is -0.303 e. The topological polar surface area (TPSA) is 35.8 Å². The highest BCUT2D eigenvalue weighted by Crippen LogP contribution is 2.49. The van der Waals surface area contributed by atoms with Gasteiger partial charge in [0.05, 0.1) is 6.07 Å². The Kier molecular flexibility index (Phi) is 3.53. The third-order valence-corrected chi connectivity index (χ3v) is 3.11. The third-order valence-electron chi connectivity index (χ3n) is 3.11. The van der Waals surface area contributed by atoms with Gasteiger partial charge in [0.1, 0.15) is 5.54 Å². The molecule has 0 saturated heterocycles. The number of alkyl halides is 3. The van der Waals surface area contributed by atoms with Crippen LogP contribution >= 0.6 is 0 Å². The monoisotopic (exact) mass is 234 g/mol. The Morgan fingerprint density at radius 3 is 2.25 bits per heavy atom. The number of hydrogen-bond donors (Lipinski definition) is 1. The Bertz CT molecular complexity index is 285. The zero-order valence-corrected chi connectivity index (χ0v) is 9.62. The van der Waals surface area contributed by atoms with E-state index < -0.39 is 11.7 Å². The van der Waals surface area contributed by atoms with E-state index in [2.05, 4.69) is 5.32 Å². The Hall–Kier alpha value is -0.760. The summed E-state index contributed by atoms with van der Waals surface area (Å²) in [6.45, 7) is 4.06. The molecule has 0 aliphatic heterocycles. The van der Waals surface area contributed by atoms with Crippen molar-refractivity contribution in [1.82, 2.24) is 5.32 Å². The lowest BCUT2D eigenvalue weighted by Gasteiger charge is -2.28. The van der Waals surface area contributed by atoms with Crippen molar-refractivity contribution in [3.63, 3.8) is 0 Å². The van der Waals surface area contributed by atoms with Crippen molar-refractivity contribution in [1.29, 1.82) is 5.26 Å². The van der Waals surface area contributed by atoms with Gasteiger partial charge < -0.3 is 5.32 Å². The predicted octanol–water partition coefficient (Wildman–Crippen LogP) is 3.00. The second-order valence-corrected chi connectivity index (χ2v) is 5.26. The van der Waals surface area contributed by atoms with Crippen LogP contribution in [0.5, 0.6) is 0 Å². The number of rotatable bonds is 5. The maximum atomic E-state index is 12.6. The molecular formula is C11H17F3N2. The molecule has 1 fully saturated rings. The SMILES string of the molecule is CC(C)(CCC#N)CNC1(C(F)(F)F)CC1.